The molecule has 1 amide bonds. The van der Waals surface area contributed by atoms with E-state index in [2.05, 4.69) is 22.8 Å². The molecule has 0 aliphatic rings. The normalized spacial score (nSPS) is 10.0. The average Bonchev–Trinajstić information content (AvgIpc) is 2.74. The van der Waals surface area contributed by atoms with Crippen molar-refractivity contribution in [2.45, 2.75) is 38.5 Å². The van der Waals surface area contributed by atoms with Gasteiger partial charge in [0.25, 0.3) is 0 Å². The van der Waals surface area contributed by atoms with Crippen LogP contribution < -0.4 is 21.2 Å². The number of anilines is 2. The summed E-state index contributed by atoms with van der Waals surface area (Å²) in [5, 5.41) is 28.4. The summed E-state index contributed by atoms with van der Waals surface area (Å²) in [5.74, 6) is -2.48. The summed E-state index contributed by atoms with van der Waals surface area (Å²) in [6.07, 6.45) is 6.46. The summed E-state index contributed by atoms with van der Waals surface area (Å²) in [6.45, 7) is 1.54. The Balaban J connectivity index is 0.00000450. The zero-order valence-electron chi connectivity index (χ0n) is 16.8. The molecule has 1 radical (unpaired) electrons. The maximum absolute atomic E-state index is 11.5. The van der Waals surface area contributed by atoms with Crippen LogP contribution >= 0.6 is 0 Å². The molecule has 8 heteroatoms. The van der Waals surface area contributed by atoms with Gasteiger partial charge >= 0.3 is 17.1 Å². The Labute approximate surface area is 187 Å². The minimum absolute atomic E-state index is 0. The van der Waals surface area contributed by atoms with E-state index in [4.69, 9.17) is 0 Å². The third kappa shape index (κ3) is 8.45. The molecule has 0 atom stereocenters. The van der Waals surface area contributed by atoms with Crippen LogP contribution in [0.3, 0.4) is 0 Å². The number of unbranched alkanes of at least 4 members (excludes halogenated alkanes) is 5. The predicted molar refractivity (Wildman–Crippen MR) is 113 cm³/mol. The zero-order valence-corrected chi connectivity index (χ0v) is 17.9. The Bertz CT molecular complexity index is 787. The quantitative estimate of drug-likeness (QED) is 0.244. The van der Waals surface area contributed by atoms with Gasteiger partial charge < -0.3 is 31.2 Å². The Kier molecular flexibility index (Phi) is 12.3. The standard InChI is InChI=1S/C22H28N3O4.Fe/c26-21(25-29)18-13-10-14-19(20(18)22(27)28)24-16-9-4-2-1-3-8-15-23-17-11-6-5-7-12-17;/h5-7,10-14,23-24H,1-4,8-9,15-16H2,(H2-,25,26,27,28,29);/q-1;+3/p-1. The summed E-state index contributed by atoms with van der Waals surface area (Å²) in [4.78, 5) is 22.9. The number of para-hydroxylation sites is 1. The van der Waals surface area contributed by atoms with E-state index in [0.29, 0.717) is 6.54 Å². The maximum atomic E-state index is 11.5. The largest absolute Gasteiger partial charge is 3.00 e. The monoisotopic (exact) mass is 453 g/mol. The Morgan fingerprint density at radius 2 is 1.37 bits per heavy atom. The summed E-state index contributed by atoms with van der Waals surface area (Å²) in [5.41, 5.74) is 2.15. The van der Waals surface area contributed by atoms with Gasteiger partial charge in [-0.05, 0) is 37.1 Å². The summed E-state index contributed by atoms with van der Waals surface area (Å²) in [7, 11) is 0. The minimum Gasteiger partial charge on any atom is -0.759 e. The van der Waals surface area contributed by atoms with Crippen molar-refractivity contribution >= 4 is 23.3 Å². The fourth-order valence-electron chi connectivity index (χ4n) is 3.13. The van der Waals surface area contributed by atoms with Crippen LogP contribution in [0.1, 0.15) is 59.2 Å². The molecule has 2 aromatic carbocycles. The number of carboxylic acid groups (broad SMARTS) is 1. The number of rotatable bonds is 13. The second-order valence-electron chi connectivity index (χ2n) is 6.79. The molecule has 0 unspecified atom stereocenters. The van der Waals surface area contributed by atoms with Crippen molar-refractivity contribution in [2.75, 3.05) is 23.7 Å². The van der Waals surface area contributed by atoms with E-state index in [9.17, 15) is 19.9 Å². The van der Waals surface area contributed by atoms with Crippen molar-refractivity contribution in [2.24, 2.45) is 0 Å². The number of carbonyl (C=O) groups is 2. The molecule has 30 heavy (non-hydrogen) atoms. The molecule has 0 aliphatic heterocycles. The van der Waals surface area contributed by atoms with Crippen molar-refractivity contribution in [3.63, 3.8) is 0 Å². The molecule has 0 spiro atoms. The molecule has 0 fully saturated rings. The summed E-state index contributed by atoms with van der Waals surface area (Å²) >= 11 is 0. The zero-order chi connectivity index (χ0) is 20.9. The van der Waals surface area contributed by atoms with E-state index >= 15 is 0 Å². The topological polar surface area (TPSA) is 116 Å². The second-order valence-corrected chi connectivity index (χ2v) is 6.79. The van der Waals surface area contributed by atoms with Gasteiger partial charge in [0.1, 0.15) is 0 Å². The predicted octanol–water partition coefficient (Wildman–Crippen LogP) is 3.14. The molecular formula is C22H27FeN3O4+. The van der Waals surface area contributed by atoms with E-state index in [-0.39, 0.29) is 33.9 Å². The van der Waals surface area contributed by atoms with Crippen molar-refractivity contribution in [3.8, 4) is 0 Å². The minimum atomic E-state index is -1.49. The number of hydrogen-bond acceptors (Lipinski definition) is 6. The molecule has 2 rings (SSSR count). The number of hydroxylamine groups is 1. The molecule has 0 aromatic heterocycles. The second kappa shape index (κ2) is 14.4. The number of nitrogens with one attached hydrogen (secondary N) is 3. The van der Waals surface area contributed by atoms with Crippen LogP contribution in [0.5, 0.6) is 0 Å². The first kappa shape index (κ1) is 25.5. The molecule has 0 heterocycles. The van der Waals surface area contributed by atoms with Crippen LogP contribution in [0.2, 0.25) is 0 Å². The molecule has 7 nitrogen and oxygen atoms in total. The van der Waals surface area contributed by atoms with Crippen LogP contribution in [-0.4, -0.2) is 25.0 Å². The molecule has 0 bridgehead atoms. The van der Waals surface area contributed by atoms with Crippen LogP contribution in [0.25, 0.3) is 0 Å². The molecule has 0 aliphatic carbocycles. The van der Waals surface area contributed by atoms with Gasteiger partial charge in [0.15, 0.2) is 0 Å². The van der Waals surface area contributed by atoms with Gasteiger partial charge in [-0.1, -0.05) is 49.9 Å². The van der Waals surface area contributed by atoms with Crippen LogP contribution in [0.15, 0.2) is 48.5 Å². The molecule has 2 aromatic rings. The number of carbonyl (C=O) groups excluding carboxylic acids is 2. The van der Waals surface area contributed by atoms with E-state index in [1.807, 2.05) is 18.2 Å². The Morgan fingerprint density at radius 3 is 1.97 bits per heavy atom. The van der Waals surface area contributed by atoms with Crippen molar-refractivity contribution in [1.82, 2.24) is 5.48 Å². The molecule has 161 valence electrons. The van der Waals surface area contributed by atoms with E-state index in [1.165, 1.54) is 17.6 Å². The van der Waals surface area contributed by atoms with Crippen molar-refractivity contribution in [1.29, 1.82) is 0 Å². The molecule has 3 N–H and O–H groups in total. The van der Waals surface area contributed by atoms with Gasteiger partial charge in [0, 0.05) is 35.6 Å². The number of benzene rings is 2. The number of carboxylic acids is 1. The SMILES string of the molecule is O=C(N[O-])c1cccc(NCCCCCCCCNc2ccccc2)c1C(=O)[O-].[Fe+3]. The van der Waals surface area contributed by atoms with Crippen LogP contribution in [-0.2, 0) is 17.1 Å². The summed E-state index contributed by atoms with van der Waals surface area (Å²) in [6, 6.07) is 14.5. The third-order valence-electron chi connectivity index (χ3n) is 4.63. The van der Waals surface area contributed by atoms with E-state index in [0.717, 1.165) is 50.8 Å². The van der Waals surface area contributed by atoms with E-state index in [1.54, 1.807) is 6.07 Å². The molecular weight excluding hydrogens is 426 g/mol. The smallest absolute Gasteiger partial charge is 0.759 e. The fourth-order valence-corrected chi connectivity index (χ4v) is 3.13. The molecule has 0 saturated carbocycles. The van der Waals surface area contributed by atoms with Crippen LogP contribution in [0, 0.1) is 5.21 Å². The maximum Gasteiger partial charge on any atom is 3.00 e. The third-order valence-corrected chi connectivity index (χ3v) is 4.63. The number of amides is 1. The number of aromatic carboxylic acids is 1. The van der Waals surface area contributed by atoms with Gasteiger partial charge in [-0.25, -0.2) is 0 Å². The summed E-state index contributed by atoms with van der Waals surface area (Å²) < 4.78 is 0. The van der Waals surface area contributed by atoms with Gasteiger partial charge in [-0.2, -0.15) is 0 Å². The first-order valence-corrected chi connectivity index (χ1v) is 9.93. The van der Waals surface area contributed by atoms with Gasteiger partial charge in [0.05, 0.1) is 5.97 Å². The van der Waals surface area contributed by atoms with Gasteiger partial charge in [0.2, 0.25) is 5.91 Å². The van der Waals surface area contributed by atoms with Crippen molar-refractivity contribution < 1.29 is 31.8 Å². The average molecular weight is 453 g/mol. The van der Waals surface area contributed by atoms with E-state index < -0.39 is 11.9 Å². The molecule has 0 saturated heterocycles. The fraction of sp³-hybridized carbons (Fsp3) is 0.364. The van der Waals surface area contributed by atoms with Gasteiger partial charge in [-0.3, -0.25) is 4.79 Å². The van der Waals surface area contributed by atoms with Crippen molar-refractivity contribution in [3.05, 3.63) is 64.9 Å². The Hall–Kier alpha value is -2.54. The van der Waals surface area contributed by atoms with Gasteiger partial charge in [-0.15, -0.1) is 0 Å². The first-order chi connectivity index (χ1) is 14.1. The number of hydrogen-bond donors (Lipinski definition) is 3. The Morgan fingerprint density at radius 1 is 0.767 bits per heavy atom. The first-order valence-electron chi connectivity index (χ1n) is 9.93. The van der Waals surface area contributed by atoms with Crippen LogP contribution in [0.4, 0.5) is 11.4 Å².